The quantitative estimate of drug-likeness (QED) is 0.908. The fraction of sp³-hybridized carbons (Fsp3) is 0.562. The van der Waals surface area contributed by atoms with Crippen molar-refractivity contribution in [2.45, 2.75) is 46.1 Å². The Morgan fingerprint density at radius 2 is 2.05 bits per heavy atom. The van der Waals surface area contributed by atoms with E-state index in [0.29, 0.717) is 6.54 Å². The number of carbonyl (C=O) groups is 1. The van der Waals surface area contributed by atoms with Crippen LogP contribution in [0.15, 0.2) is 24.3 Å². The zero-order valence-electron chi connectivity index (χ0n) is 12.1. The summed E-state index contributed by atoms with van der Waals surface area (Å²) < 4.78 is 0. The van der Waals surface area contributed by atoms with Crippen LogP contribution in [-0.4, -0.2) is 18.5 Å². The number of anilines is 1. The molecule has 104 valence electrons. The number of carbonyl (C=O) groups excluding carboxylic acids is 1. The molecule has 1 saturated carbocycles. The van der Waals surface area contributed by atoms with Gasteiger partial charge in [-0.1, -0.05) is 24.1 Å². The second kappa shape index (κ2) is 5.33. The van der Waals surface area contributed by atoms with E-state index in [9.17, 15) is 4.79 Å². The van der Waals surface area contributed by atoms with Crippen molar-refractivity contribution in [3.8, 4) is 0 Å². The van der Waals surface area contributed by atoms with Gasteiger partial charge in [-0.25, -0.2) is 0 Å². The fourth-order valence-corrected chi connectivity index (χ4v) is 2.94. The van der Waals surface area contributed by atoms with Crippen molar-refractivity contribution in [2.24, 2.45) is 11.1 Å². The molecular formula is C16H24N2O. The molecule has 1 aromatic rings. The van der Waals surface area contributed by atoms with E-state index >= 15 is 0 Å². The standard InChI is InChI=1S/C16H24N2O/c1-4-18(13-9-7-12(2)8-10-13)15(19)16(3)11-5-6-14(16)17/h7-10,14H,4-6,11,17H2,1-3H3. The van der Waals surface area contributed by atoms with E-state index in [0.717, 1.165) is 24.9 Å². The van der Waals surface area contributed by atoms with Crippen LogP contribution >= 0.6 is 0 Å². The minimum Gasteiger partial charge on any atom is -0.327 e. The number of nitrogens with zero attached hydrogens (tertiary/aromatic N) is 1. The molecular weight excluding hydrogens is 236 g/mol. The Bertz CT molecular complexity index is 454. The summed E-state index contributed by atoms with van der Waals surface area (Å²) in [6.07, 6.45) is 2.90. The van der Waals surface area contributed by atoms with E-state index in [1.807, 2.05) is 43.0 Å². The highest BCUT2D eigenvalue weighted by molar-refractivity contribution is 5.98. The average molecular weight is 260 g/mol. The van der Waals surface area contributed by atoms with E-state index in [1.54, 1.807) is 0 Å². The fourth-order valence-electron chi connectivity index (χ4n) is 2.94. The second-order valence-corrected chi connectivity index (χ2v) is 5.80. The first kappa shape index (κ1) is 14.1. The first-order valence-electron chi connectivity index (χ1n) is 7.13. The van der Waals surface area contributed by atoms with Crippen LogP contribution in [0.1, 0.15) is 38.7 Å². The largest absolute Gasteiger partial charge is 0.327 e. The van der Waals surface area contributed by atoms with Gasteiger partial charge < -0.3 is 10.6 Å². The van der Waals surface area contributed by atoms with Crippen molar-refractivity contribution in [3.05, 3.63) is 29.8 Å². The molecule has 1 aliphatic rings. The third-order valence-electron chi connectivity index (χ3n) is 4.43. The number of rotatable bonds is 3. The monoisotopic (exact) mass is 260 g/mol. The number of hydrogen-bond donors (Lipinski definition) is 1. The van der Waals surface area contributed by atoms with Crippen LogP contribution in [-0.2, 0) is 4.79 Å². The van der Waals surface area contributed by atoms with Gasteiger partial charge in [0.25, 0.3) is 0 Å². The molecule has 1 aromatic carbocycles. The molecule has 1 amide bonds. The number of amides is 1. The normalized spacial score (nSPS) is 26.4. The molecule has 0 saturated heterocycles. The highest BCUT2D eigenvalue weighted by Crippen LogP contribution is 2.39. The smallest absolute Gasteiger partial charge is 0.234 e. The maximum absolute atomic E-state index is 12.8. The van der Waals surface area contributed by atoms with Crippen LogP contribution in [0.2, 0.25) is 0 Å². The van der Waals surface area contributed by atoms with Crippen LogP contribution in [0.5, 0.6) is 0 Å². The van der Waals surface area contributed by atoms with Crippen molar-refractivity contribution in [1.29, 1.82) is 0 Å². The molecule has 1 aliphatic carbocycles. The minimum absolute atomic E-state index is 0.0144. The van der Waals surface area contributed by atoms with Gasteiger partial charge in [-0.2, -0.15) is 0 Å². The van der Waals surface area contributed by atoms with Gasteiger partial charge in [0.2, 0.25) is 5.91 Å². The molecule has 3 nitrogen and oxygen atoms in total. The molecule has 2 unspecified atom stereocenters. The Hall–Kier alpha value is -1.35. The van der Waals surface area contributed by atoms with E-state index in [1.165, 1.54) is 5.56 Å². The molecule has 2 N–H and O–H groups in total. The van der Waals surface area contributed by atoms with Crippen molar-refractivity contribution in [2.75, 3.05) is 11.4 Å². The molecule has 2 atom stereocenters. The van der Waals surface area contributed by atoms with Gasteiger partial charge in [0, 0.05) is 18.3 Å². The summed E-state index contributed by atoms with van der Waals surface area (Å²) in [5.74, 6) is 0.170. The summed E-state index contributed by atoms with van der Waals surface area (Å²) in [4.78, 5) is 14.7. The molecule has 2 rings (SSSR count). The van der Waals surface area contributed by atoms with E-state index in [2.05, 4.69) is 6.92 Å². The maximum Gasteiger partial charge on any atom is 0.234 e. The molecule has 1 fully saturated rings. The molecule has 0 bridgehead atoms. The number of benzene rings is 1. The summed E-state index contributed by atoms with van der Waals surface area (Å²) in [6.45, 7) is 6.77. The Balaban J connectivity index is 2.27. The summed E-state index contributed by atoms with van der Waals surface area (Å²) >= 11 is 0. The summed E-state index contributed by atoms with van der Waals surface area (Å²) in [7, 11) is 0. The zero-order chi connectivity index (χ0) is 14.0. The first-order valence-corrected chi connectivity index (χ1v) is 7.13. The van der Waals surface area contributed by atoms with Crippen LogP contribution in [0.25, 0.3) is 0 Å². The Kier molecular flexibility index (Phi) is 3.95. The van der Waals surface area contributed by atoms with Crippen molar-refractivity contribution in [1.82, 2.24) is 0 Å². The van der Waals surface area contributed by atoms with Gasteiger partial charge in [0.15, 0.2) is 0 Å². The first-order chi connectivity index (χ1) is 8.99. The average Bonchev–Trinajstić information content (AvgIpc) is 2.74. The highest BCUT2D eigenvalue weighted by Gasteiger charge is 2.45. The number of hydrogen-bond acceptors (Lipinski definition) is 2. The van der Waals surface area contributed by atoms with Gasteiger partial charge in [-0.15, -0.1) is 0 Å². The Morgan fingerprint density at radius 1 is 1.42 bits per heavy atom. The van der Waals surface area contributed by atoms with Gasteiger partial charge >= 0.3 is 0 Å². The van der Waals surface area contributed by atoms with Crippen LogP contribution in [0.4, 0.5) is 5.69 Å². The van der Waals surface area contributed by atoms with Gasteiger partial charge in [-0.05, 0) is 45.7 Å². The summed E-state index contributed by atoms with van der Waals surface area (Å²) in [5.41, 5.74) is 7.93. The maximum atomic E-state index is 12.8. The number of aryl methyl sites for hydroxylation is 1. The lowest BCUT2D eigenvalue weighted by Gasteiger charge is -2.34. The van der Waals surface area contributed by atoms with Gasteiger partial charge in [0.1, 0.15) is 0 Å². The SMILES string of the molecule is CCN(C(=O)C1(C)CCCC1N)c1ccc(C)cc1. The van der Waals surface area contributed by atoms with E-state index in [4.69, 9.17) is 5.73 Å². The summed E-state index contributed by atoms with van der Waals surface area (Å²) in [6, 6.07) is 8.10. The van der Waals surface area contributed by atoms with Crippen molar-refractivity contribution >= 4 is 11.6 Å². The summed E-state index contributed by atoms with van der Waals surface area (Å²) in [5, 5.41) is 0. The van der Waals surface area contributed by atoms with Crippen LogP contribution < -0.4 is 10.6 Å². The third kappa shape index (κ3) is 2.52. The Labute approximate surface area is 115 Å². The highest BCUT2D eigenvalue weighted by atomic mass is 16.2. The molecule has 19 heavy (non-hydrogen) atoms. The topological polar surface area (TPSA) is 46.3 Å². The van der Waals surface area contributed by atoms with Gasteiger partial charge in [0.05, 0.1) is 5.41 Å². The third-order valence-corrected chi connectivity index (χ3v) is 4.43. The second-order valence-electron chi connectivity index (χ2n) is 5.80. The minimum atomic E-state index is -0.402. The van der Waals surface area contributed by atoms with E-state index < -0.39 is 5.41 Å². The molecule has 0 heterocycles. The molecule has 0 spiro atoms. The molecule has 0 radical (unpaired) electrons. The predicted octanol–water partition coefficient (Wildman–Crippen LogP) is 2.87. The molecule has 0 aliphatic heterocycles. The van der Waals surface area contributed by atoms with Crippen molar-refractivity contribution < 1.29 is 4.79 Å². The van der Waals surface area contributed by atoms with Crippen LogP contribution in [0.3, 0.4) is 0 Å². The lowest BCUT2D eigenvalue weighted by atomic mass is 9.83. The number of nitrogens with two attached hydrogens (primary N) is 1. The van der Waals surface area contributed by atoms with E-state index in [-0.39, 0.29) is 11.9 Å². The molecule has 0 aromatic heterocycles. The lowest BCUT2D eigenvalue weighted by molar-refractivity contribution is -0.127. The zero-order valence-corrected chi connectivity index (χ0v) is 12.1. The van der Waals surface area contributed by atoms with Crippen LogP contribution in [0, 0.1) is 12.3 Å². The van der Waals surface area contributed by atoms with Gasteiger partial charge in [-0.3, -0.25) is 4.79 Å². The van der Waals surface area contributed by atoms with Crippen molar-refractivity contribution in [3.63, 3.8) is 0 Å². The lowest BCUT2D eigenvalue weighted by Crippen LogP contribution is -2.49. The predicted molar refractivity (Wildman–Crippen MR) is 79.1 cm³/mol. The molecule has 3 heteroatoms. The Morgan fingerprint density at radius 3 is 2.53 bits per heavy atom.